The van der Waals surface area contributed by atoms with Crippen molar-refractivity contribution in [3.63, 3.8) is 0 Å². The molecule has 28 heavy (non-hydrogen) atoms. The first kappa shape index (κ1) is 21.0. The van der Waals surface area contributed by atoms with Gasteiger partial charge in [0.15, 0.2) is 6.29 Å². The Morgan fingerprint density at radius 3 is 1.86 bits per heavy atom. The number of hydrogen-bond acceptors (Lipinski definition) is 5. The number of rotatable bonds is 8. The molecule has 0 radical (unpaired) electrons. The molecule has 0 aliphatic carbocycles. The lowest BCUT2D eigenvalue weighted by Gasteiger charge is -2.43. The quantitative estimate of drug-likeness (QED) is 0.750. The average Bonchev–Trinajstić information content (AvgIpc) is 2.69. The maximum absolute atomic E-state index is 10.9. The highest BCUT2D eigenvalue weighted by Gasteiger charge is 2.46. The Hall–Kier alpha value is -1.76. The van der Waals surface area contributed by atoms with Crippen molar-refractivity contribution in [2.45, 2.75) is 70.8 Å². The van der Waals surface area contributed by atoms with E-state index in [0.717, 1.165) is 11.1 Å². The van der Waals surface area contributed by atoms with Crippen LogP contribution >= 0.6 is 0 Å². The standard InChI is InChI=1S/C23H30O5/c1-16(2)27-23-20(24)22(26-15-19-12-8-5-9-13-19)21(17(3)28-23)25-14-18-10-6-4-7-11-18/h4-13,16-17,20-24H,14-15H2,1-3H3/t17-,20+,21-,22-,23-/m0/s1. The molecule has 1 aliphatic rings. The second-order valence-electron chi connectivity index (χ2n) is 7.41. The van der Waals surface area contributed by atoms with E-state index in [2.05, 4.69) is 0 Å². The number of hydrogen-bond donors (Lipinski definition) is 1. The van der Waals surface area contributed by atoms with Crippen LogP contribution in [0.5, 0.6) is 0 Å². The molecular formula is C23H30O5. The Kier molecular flexibility index (Phi) is 7.59. The normalized spacial score (nSPS) is 27.8. The van der Waals surface area contributed by atoms with Crippen LogP contribution in [-0.2, 0) is 32.2 Å². The van der Waals surface area contributed by atoms with Gasteiger partial charge in [0.25, 0.3) is 0 Å². The van der Waals surface area contributed by atoms with Crippen molar-refractivity contribution in [2.24, 2.45) is 0 Å². The summed E-state index contributed by atoms with van der Waals surface area (Å²) >= 11 is 0. The largest absolute Gasteiger partial charge is 0.385 e. The Balaban J connectivity index is 1.71. The van der Waals surface area contributed by atoms with Crippen molar-refractivity contribution in [1.29, 1.82) is 0 Å². The number of aliphatic hydroxyl groups excluding tert-OH is 1. The molecule has 0 amide bonds. The zero-order chi connectivity index (χ0) is 19.9. The third-order valence-electron chi connectivity index (χ3n) is 4.73. The first-order chi connectivity index (χ1) is 13.5. The van der Waals surface area contributed by atoms with Gasteiger partial charge in [0.2, 0.25) is 0 Å². The molecule has 1 heterocycles. The molecule has 2 aromatic carbocycles. The molecule has 0 saturated carbocycles. The maximum atomic E-state index is 10.9. The number of benzene rings is 2. The molecule has 5 atom stereocenters. The van der Waals surface area contributed by atoms with E-state index in [-0.39, 0.29) is 12.2 Å². The molecule has 1 saturated heterocycles. The molecule has 1 N–H and O–H groups in total. The summed E-state index contributed by atoms with van der Waals surface area (Å²) in [5.41, 5.74) is 2.10. The van der Waals surface area contributed by atoms with Crippen LogP contribution in [0.25, 0.3) is 0 Å². The van der Waals surface area contributed by atoms with E-state index in [4.69, 9.17) is 18.9 Å². The van der Waals surface area contributed by atoms with Crippen LogP contribution in [0.2, 0.25) is 0 Å². The van der Waals surface area contributed by atoms with Crippen LogP contribution in [-0.4, -0.2) is 41.9 Å². The Morgan fingerprint density at radius 1 is 0.857 bits per heavy atom. The molecule has 152 valence electrons. The van der Waals surface area contributed by atoms with Gasteiger partial charge in [-0.15, -0.1) is 0 Å². The summed E-state index contributed by atoms with van der Waals surface area (Å²) in [6.45, 7) is 6.57. The van der Waals surface area contributed by atoms with Gasteiger partial charge >= 0.3 is 0 Å². The van der Waals surface area contributed by atoms with E-state index in [1.54, 1.807) is 0 Å². The molecule has 3 rings (SSSR count). The fourth-order valence-corrected chi connectivity index (χ4v) is 3.32. The maximum Gasteiger partial charge on any atom is 0.186 e. The molecule has 0 unspecified atom stereocenters. The SMILES string of the molecule is CC(C)O[C@H]1O[C@@H](C)[C@H](OCc2ccccc2)[C@@H](OCc2ccccc2)[C@H]1O. The molecule has 1 aliphatic heterocycles. The van der Waals surface area contributed by atoms with E-state index >= 15 is 0 Å². The van der Waals surface area contributed by atoms with Crippen LogP contribution in [0.15, 0.2) is 60.7 Å². The average molecular weight is 386 g/mol. The van der Waals surface area contributed by atoms with Gasteiger partial charge < -0.3 is 24.1 Å². The van der Waals surface area contributed by atoms with Gasteiger partial charge in [-0.2, -0.15) is 0 Å². The number of ether oxygens (including phenoxy) is 4. The van der Waals surface area contributed by atoms with E-state index in [0.29, 0.717) is 13.2 Å². The first-order valence-electron chi connectivity index (χ1n) is 9.84. The van der Waals surface area contributed by atoms with Gasteiger partial charge in [0.05, 0.1) is 25.4 Å². The molecule has 0 bridgehead atoms. The van der Waals surface area contributed by atoms with E-state index in [1.807, 2.05) is 81.4 Å². The Morgan fingerprint density at radius 2 is 1.36 bits per heavy atom. The molecule has 2 aromatic rings. The highest BCUT2D eigenvalue weighted by Crippen LogP contribution is 2.28. The third-order valence-corrected chi connectivity index (χ3v) is 4.73. The molecule has 0 aromatic heterocycles. The van der Waals surface area contributed by atoms with Crippen molar-refractivity contribution < 1.29 is 24.1 Å². The monoisotopic (exact) mass is 386 g/mol. The van der Waals surface area contributed by atoms with E-state index in [9.17, 15) is 5.11 Å². The van der Waals surface area contributed by atoms with Gasteiger partial charge in [-0.05, 0) is 31.9 Å². The van der Waals surface area contributed by atoms with Crippen LogP contribution in [0.3, 0.4) is 0 Å². The fourth-order valence-electron chi connectivity index (χ4n) is 3.32. The molecule has 5 nitrogen and oxygen atoms in total. The van der Waals surface area contributed by atoms with Gasteiger partial charge in [0.1, 0.15) is 18.3 Å². The lowest BCUT2D eigenvalue weighted by atomic mass is 9.99. The van der Waals surface area contributed by atoms with Crippen LogP contribution in [0.1, 0.15) is 31.9 Å². The molecule has 5 heteroatoms. The first-order valence-corrected chi connectivity index (χ1v) is 9.84. The second-order valence-corrected chi connectivity index (χ2v) is 7.41. The number of aliphatic hydroxyl groups is 1. The highest BCUT2D eigenvalue weighted by atomic mass is 16.7. The van der Waals surface area contributed by atoms with Crippen molar-refractivity contribution in [3.05, 3.63) is 71.8 Å². The topological polar surface area (TPSA) is 57.2 Å². The van der Waals surface area contributed by atoms with Crippen molar-refractivity contribution in [1.82, 2.24) is 0 Å². The molecule has 1 fully saturated rings. The summed E-state index contributed by atoms with van der Waals surface area (Å²) in [6, 6.07) is 19.8. The minimum absolute atomic E-state index is 0.0663. The smallest absolute Gasteiger partial charge is 0.186 e. The summed E-state index contributed by atoms with van der Waals surface area (Å²) in [5, 5.41) is 10.9. The van der Waals surface area contributed by atoms with Crippen molar-refractivity contribution in [2.75, 3.05) is 0 Å². The fraction of sp³-hybridized carbons (Fsp3) is 0.478. The Bertz CT molecular complexity index is 691. The minimum atomic E-state index is -0.942. The minimum Gasteiger partial charge on any atom is -0.385 e. The summed E-state index contributed by atoms with van der Waals surface area (Å²) in [6.07, 6.45) is -3.00. The molecule has 0 spiro atoms. The van der Waals surface area contributed by atoms with E-state index < -0.39 is 24.6 Å². The summed E-state index contributed by atoms with van der Waals surface area (Å²) in [5.74, 6) is 0. The van der Waals surface area contributed by atoms with E-state index in [1.165, 1.54) is 0 Å². The summed E-state index contributed by atoms with van der Waals surface area (Å²) in [4.78, 5) is 0. The third kappa shape index (κ3) is 5.63. The Labute approximate surface area is 167 Å². The lowest BCUT2D eigenvalue weighted by molar-refractivity contribution is -0.316. The van der Waals surface area contributed by atoms with Crippen LogP contribution in [0.4, 0.5) is 0 Å². The molecular weight excluding hydrogens is 356 g/mol. The highest BCUT2D eigenvalue weighted by molar-refractivity contribution is 5.14. The predicted molar refractivity (Wildman–Crippen MR) is 107 cm³/mol. The van der Waals surface area contributed by atoms with Gasteiger partial charge in [0, 0.05) is 0 Å². The van der Waals surface area contributed by atoms with Gasteiger partial charge in [-0.1, -0.05) is 60.7 Å². The zero-order valence-corrected chi connectivity index (χ0v) is 16.7. The van der Waals surface area contributed by atoms with Crippen molar-refractivity contribution >= 4 is 0 Å². The van der Waals surface area contributed by atoms with Crippen LogP contribution < -0.4 is 0 Å². The van der Waals surface area contributed by atoms with Crippen molar-refractivity contribution in [3.8, 4) is 0 Å². The second kappa shape index (κ2) is 10.1. The summed E-state index contributed by atoms with van der Waals surface area (Å²) < 4.78 is 23.9. The van der Waals surface area contributed by atoms with Crippen LogP contribution in [0, 0.1) is 0 Å². The van der Waals surface area contributed by atoms with Gasteiger partial charge in [-0.3, -0.25) is 0 Å². The van der Waals surface area contributed by atoms with Gasteiger partial charge in [-0.25, -0.2) is 0 Å². The predicted octanol–water partition coefficient (Wildman–Crippen LogP) is 3.69. The zero-order valence-electron chi connectivity index (χ0n) is 16.7. The lowest BCUT2D eigenvalue weighted by Crippen LogP contribution is -2.59. The summed E-state index contributed by atoms with van der Waals surface area (Å²) in [7, 11) is 0.